The van der Waals surface area contributed by atoms with Gasteiger partial charge in [-0.05, 0) is 13.3 Å². The summed E-state index contributed by atoms with van der Waals surface area (Å²) in [5, 5.41) is 6.12. The average molecular weight is 156 g/mol. The number of hydrogen-bond acceptors (Lipinski definition) is 2. The van der Waals surface area contributed by atoms with Gasteiger partial charge in [-0.25, -0.2) is 0 Å². The lowest BCUT2D eigenvalue weighted by Gasteiger charge is -2.27. The molecule has 1 saturated heterocycles. The van der Waals surface area contributed by atoms with Crippen LogP contribution >= 0.6 is 0 Å². The van der Waals surface area contributed by atoms with E-state index in [1.165, 1.54) is 0 Å². The van der Waals surface area contributed by atoms with Crippen LogP contribution in [0.4, 0.5) is 0 Å². The summed E-state index contributed by atoms with van der Waals surface area (Å²) in [6.07, 6.45) is 2.00. The predicted molar refractivity (Wildman–Crippen MR) is 44.3 cm³/mol. The molecule has 1 heterocycles. The number of nitrogens with one attached hydrogen (secondary N) is 2. The van der Waals surface area contributed by atoms with E-state index in [4.69, 9.17) is 0 Å². The number of rotatable bonds is 2. The number of piperazine rings is 1. The normalized spacial score (nSPS) is 31.6. The SMILES string of the molecule is CCCC1NCC(C)NC1=O. The first-order valence-electron chi connectivity index (χ1n) is 4.27. The van der Waals surface area contributed by atoms with Crippen molar-refractivity contribution in [3.05, 3.63) is 0 Å². The Morgan fingerprint density at radius 3 is 2.91 bits per heavy atom. The molecule has 0 bridgehead atoms. The third-order valence-corrected chi connectivity index (χ3v) is 1.95. The molecule has 0 aromatic heterocycles. The van der Waals surface area contributed by atoms with Crippen LogP contribution in [-0.2, 0) is 4.79 Å². The van der Waals surface area contributed by atoms with E-state index in [1.54, 1.807) is 0 Å². The summed E-state index contributed by atoms with van der Waals surface area (Å²) in [7, 11) is 0. The summed E-state index contributed by atoms with van der Waals surface area (Å²) < 4.78 is 0. The molecule has 0 aromatic rings. The maximum atomic E-state index is 11.2. The maximum absolute atomic E-state index is 11.2. The van der Waals surface area contributed by atoms with Crippen LogP contribution < -0.4 is 10.6 Å². The molecule has 0 aromatic carbocycles. The number of carbonyl (C=O) groups is 1. The molecule has 2 atom stereocenters. The smallest absolute Gasteiger partial charge is 0.237 e. The van der Waals surface area contributed by atoms with Crippen LogP contribution in [0.3, 0.4) is 0 Å². The average Bonchev–Trinajstić information content (AvgIpc) is 1.95. The quantitative estimate of drug-likeness (QED) is 0.602. The van der Waals surface area contributed by atoms with Gasteiger partial charge in [0, 0.05) is 12.6 Å². The van der Waals surface area contributed by atoms with E-state index in [0.717, 1.165) is 19.4 Å². The predicted octanol–water partition coefficient (Wildman–Crippen LogP) is 0.263. The van der Waals surface area contributed by atoms with Crippen molar-refractivity contribution in [1.29, 1.82) is 0 Å². The fraction of sp³-hybridized carbons (Fsp3) is 0.875. The molecule has 2 N–H and O–H groups in total. The molecule has 3 heteroatoms. The Morgan fingerprint density at radius 2 is 2.36 bits per heavy atom. The molecule has 0 saturated carbocycles. The van der Waals surface area contributed by atoms with Crippen LogP contribution in [0.2, 0.25) is 0 Å². The van der Waals surface area contributed by atoms with Gasteiger partial charge in [0.2, 0.25) is 5.91 Å². The van der Waals surface area contributed by atoms with Crippen LogP contribution in [0.25, 0.3) is 0 Å². The fourth-order valence-corrected chi connectivity index (χ4v) is 1.33. The molecular weight excluding hydrogens is 140 g/mol. The molecule has 1 aliphatic heterocycles. The summed E-state index contributed by atoms with van der Waals surface area (Å²) in [5.41, 5.74) is 0. The van der Waals surface area contributed by atoms with Gasteiger partial charge in [-0.3, -0.25) is 4.79 Å². The van der Waals surface area contributed by atoms with Crippen LogP contribution in [0.5, 0.6) is 0 Å². The van der Waals surface area contributed by atoms with Gasteiger partial charge >= 0.3 is 0 Å². The Morgan fingerprint density at radius 1 is 1.64 bits per heavy atom. The molecule has 1 aliphatic rings. The Balaban J connectivity index is 2.38. The van der Waals surface area contributed by atoms with E-state index in [-0.39, 0.29) is 18.0 Å². The molecule has 0 radical (unpaired) electrons. The Kier molecular flexibility index (Phi) is 2.88. The Bertz CT molecular complexity index is 147. The lowest BCUT2D eigenvalue weighted by Crippen LogP contribution is -2.57. The number of carbonyl (C=O) groups excluding carboxylic acids is 1. The zero-order chi connectivity index (χ0) is 8.27. The Hall–Kier alpha value is -0.570. The highest BCUT2D eigenvalue weighted by atomic mass is 16.2. The number of amides is 1. The second-order valence-electron chi connectivity index (χ2n) is 3.16. The van der Waals surface area contributed by atoms with Gasteiger partial charge in [-0.2, -0.15) is 0 Å². The zero-order valence-electron chi connectivity index (χ0n) is 7.18. The third-order valence-electron chi connectivity index (χ3n) is 1.95. The summed E-state index contributed by atoms with van der Waals surface area (Å²) in [6.45, 7) is 5.00. The maximum Gasteiger partial charge on any atom is 0.237 e. The molecule has 2 unspecified atom stereocenters. The third kappa shape index (κ3) is 2.19. The molecule has 1 fully saturated rings. The second-order valence-corrected chi connectivity index (χ2v) is 3.16. The standard InChI is InChI=1S/C8H16N2O/c1-3-4-7-8(11)10-6(2)5-9-7/h6-7,9H,3-5H2,1-2H3,(H,10,11). The minimum atomic E-state index is 0.0520. The molecule has 0 aliphatic carbocycles. The van der Waals surface area contributed by atoms with Gasteiger partial charge in [0.05, 0.1) is 6.04 Å². The van der Waals surface area contributed by atoms with Crippen molar-refractivity contribution < 1.29 is 4.79 Å². The largest absolute Gasteiger partial charge is 0.351 e. The van der Waals surface area contributed by atoms with Crippen LogP contribution in [0, 0.1) is 0 Å². The lowest BCUT2D eigenvalue weighted by molar-refractivity contribution is -0.125. The molecule has 11 heavy (non-hydrogen) atoms. The highest BCUT2D eigenvalue weighted by molar-refractivity contribution is 5.82. The van der Waals surface area contributed by atoms with Gasteiger partial charge in [0.1, 0.15) is 0 Å². The van der Waals surface area contributed by atoms with E-state index >= 15 is 0 Å². The topological polar surface area (TPSA) is 41.1 Å². The highest BCUT2D eigenvalue weighted by Crippen LogP contribution is 2.01. The van der Waals surface area contributed by atoms with Crippen molar-refractivity contribution in [1.82, 2.24) is 10.6 Å². The monoisotopic (exact) mass is 156 g/mol. The summed E-state index contributed by atoms with van der Waals surface area (Å²) in [4.78, 5) is 11.2. The van der Waals surface area contributed by atoms with Crippen LogP contribution in [0.15, 0.2) is 0 Å². The first-order valence-corrected chi connectivity index (χ1v) is 4.27. The summed E-state index contributed by atoms with van der Waals surface area (Å²) >= 11 is 0. The van der Waals surface area contributed by atoms with E-state index in [2.05, 4.69) is 17.6 Å². The van der Waals surface area contributed by atoms with Gasteiger partial charge in [-0.1, -0.05) is 13.3 Å². The van der Waals surface area contributed by atoms with Gasteiger partial charge in [-0.15, -0.1) is 0 Å². The lowest BCUT2D eigenvalue weighted by atomic mass is 10.1. The van der Waals surface area contributed by atoms with E-state index in [9.17, 15) is 4.79 Å². The van der Waals surface area contributed by atoms with Crippen LogP contribution in [0.1, 0.15) is 26.7 Å². The molecule has 64 valence electrons. The van der Waals surface area contributed by atoms with Gasteiger partial charge in [0.25, 0.3) is 0 Å². The summed E-state index contributed by atoms with van der Waals surface area (Å²) in [5.74, 6) is 0.158. The van der Waals surface area contributed by atoms with Crippen molar-refractivity contribution in [2.45, 2.75) is 38.8 Å². The fourth-order valence-electron chi connectivity index (χ4n) is 1.33. The molecule has 1 rings (SSSR count). The highest BCUT2D eigenvalue weighted by Gasteiger charge is 2.23. The second kappa shape index (κ2) is 3.72. The molecule has 3 nitrogen and oxygen atoms in total. The van der Waals surface area contributed by atoms with E-state index in [0.29, 0.717) is 0 Å². The minimum absolute atomic E-state index is 0.0520. The van der Waals surface area contributed by atoms with Crippen molar-refractivity contribution >= 4 is 5.91 Å². The summed E-state index contributed by atoms with van der Waals surface area (Å²) in [6, 6.07) is 0.340. The first-order chi connectivity index (χ1) is 5.24. The van der Waals surface area contributed by atoms with Crippen molar-refractivity contribution in [3.63, 3.8) is 0 Å². The minimum Gasteiger partial charge on any atom is -0.351 e. The first kappa shape index (κ1) is 8.53. The van der Waals surface area contributed by atoms with Crippen molar-refractivity contribution in [3.8, 4) is 0 Å². The van der Waals surface area contributed by atoms with E-state index in [1.807, 2.05) is 6.92 Å². The zero-order valence-corrected chi connectivity index (χ0v) is 7.18. The molecule has 0 spiro atoms. The van der Waals surface area contributed by atoms with Crippen LogP contribution in [-0.4, -0.2) is 24.5 Å². The van der Waals surface area contributed by atoms with Gasteiger partial charge in [0.15, 0.2) is 0 Å². The Labute approximate surface area is 67.5 Å². The van der Waals surface area contributed by atoms with Crippen molar-refractivity contribution in [2.75, 3.05) is 6.54 Å². The molecule has 1 amide bonds. The van der Waals surface area contributed by atoms with E-state index < -0.39 is 0 Å². The number of hydrogen-bond donors (Lipinski definition) is 2. The molecular formula is C8H16N2O. The van der Waals surface area contributed by atoms with Crippen molar-refractivity contribution in [2.24, 2.45) is 0 Å². The van der Waals surface area contributed by atoms with Gasteiger partial charge < -0.3 is 10.6 Å².